The molecule has 1 aromatic carbocycles. The van der Waals surface area contributed by atoms with Crippen molar-refractivity contribution in [2.45, 2.75) is 90.8 Å². The molecule has 3 aromatic rings. The minimum Gasteiger partial charge on any atom is -0.370 e. The van der Waals surface area contributed by atoms with Crippen molar-refractivity contribution in [3.05, 3.63) is 59.9 Å². The molecule has 5 rings (SSSR count). The molecule has 0 atom stereocenters. The molecule has 3 heterocycles. The smallest absolute Gasteiger partial charge is 0.0755 e. The lowest BCUT2D eigenvalue weighted by molar-refractivity contribution is -0.162. The Morgan fingerprint density at radius 1 is 0.939 bits per heavy atom. The summed E-state index contributed by atoms with van der Waals surface area (Å²) in [5.41, 5.74) is 7.41. The zero-order valence-corrected chi connectivity index (χ0v) is 21.1. The third kappa shape index (κ3) is 4.66. The van der Waals surface area contributed by atoms with Crippen molar-refractivity contribution < 1.29 is 4.74 Å². The Hall–Kier alpha value is -2.39. The summed E-state index contributed by atoms with van der Waals surface area (Å²) in [7, 11) is 0. The van der Waals surface area contributed by atoms with Crippen molar-refractivity contribution in [2.24, 2.45) is 5.41 Å². The molecular formula is C30H38N2O. The van der Waals surface area contributed by atoms with Crippen LogP contribution in [0.4, 0.5) is 0 Å². The quantitative estimate of drug-likeness (QED) is 0.443. The van der Waals surface area contributed by atoms with Gasteiger partial charge in [-0.1, -0.05) is 38.1 Å². The van der Waals surface area contributed by atoms with Crippen LogP contribution in [-0.4, -0.2) is 21.2 Å². The van der Waals surface area contributed by atoms with Gasteiger partial charge in [-0.15, -0.1) is 0 Å². The Balaban J connectivity index is 1.60. The number of benzene rings is 1. The van der Waals surface area contributed by atoms with E-state index < -0.39 is 0 Å². The molecule has 0 unspecified atom stereocenters. The van der Waals surface area contributed by atoms with Gasteiger partial charge in [-0.3, -0.25) is 4.98 Å². The van der Waals surface area contributed by atoms with Crippen molar-refractivity contribution in [1.29, 1.82) is 0 Å². The summed E-state index contributed by atoms with van der Waals surface area (Å²) < 4.78 is 6.36. The van der Waals surface area contributed by atoms with E-state index >= 15 is 0 Å². The fraction of sp³-hybridized carbons (Fsp3) is 0.500. The van der Waals surface area contributed by atoms with E-state index in [1.165, 1.54) is 34.2 Å². The molecule has 33 heavy (non-hydrogen) atoms. The number of hydrogen-bond acceptors (Lipinski definition) is 2. The summed E-state index contributed by atoms with van der Waals surface area (Å²) in [6.45, 7) is 13.6. The summed E-state index contributed by atoms with van der Waals surface area (Å²) in [5.74, 6) is 0.403. The molecule has 3 heteroatoms. The average Bonchev–Trinajstić information content (AvgIpc) is 3.15. The van der Waals surface area contributed by atoms with E-state index in [-0.39, 0.29) is 11.2 Å². The van der Waals surface area contributed by atoms with Crippen LogP contribution in [0, 0.1) is 5.41 Å². The fourth-order valence-corrected chi connectivity index (χ4v) is 5.97. The number of ether oxygens (including phenoxy) is 1. The number of fused-ring (bicyclic) bond motifs is 1. The van der Waals surface area contributed by atoms with E-state index in [0.29, 0.717) is 11.3 Å². The molecule has 0 radical (unpaired) electrons. The summed E-state index contributed by atoms with van der Waals surface area (Å²) in [4.78, 5) is 9.05. The van der Waals surface area contributed by atoms with Gasteiger partial charge >= 0.3 is 0 Å². The molecule has 0 saturated carbocycles. The number of nitrogens with zero attached hydrogens (tertiary/aromatic N) is 1. The number of H-pyrrole nitrogens is 1. The van der Waals surface area contributed by atoms with E-state index in [1.54, 1.807) is 0 Å². The molecule has 2 aromatic heterocycles. The van der Waals surface area contributed by atoms with E-state index in [9.17, 15) is 0 Å². The molecule has 0 spiro atoms. The van der Waals surface area contributed by atoms with Crippen LogP contribution in [-0.2, 0) is 4.74 Å². The van der Waals surface area contributed by atoms with Gasteiger partial charge in [-0.2, -0.15) is 0 Å². The Morgan fingerprint density at radius 2 is 1.67 bits per heavy atom. The van der Waals surface area contributed by atoms with E-state index in [0.717, 1.165) is 37.1 Å². The van der Waals surface area contributed by atoms with E-state index in [4.69, 9.17) is 9.72 Å². The molecule has 0 amide bonds. The first kappa shape index (κ1) is 22.4. The molecule has 174 valence electrons. The Morgan fingerprint density at radius 3 is 2.33 bits per heavy atom. The topological polar surface area (TPSA) is 37.9 Å². The van der Waals surface area contributed by atoms with Gasteiger partial charge in [-0.25, -0.2) is 0 Å². The highest BCUT2D eigenvalue weighted by atomic mass is 16.5. The maximum atomic E-state index is 6.36. The first-order valence-corrected chi connectivity index (χ1v) is 12.5. The summed E-state index contributed by atoms with van der Waals surface area (Å²) in [6.07, 6.45) is 7.84. The first-order chi connectivity index (χ1) is 15.5. The third-order valence-electron chi connectivity index (χ3n) is 7.46. The monoisotopic (exact) mass is 442 g/mol. The average molecular weight is 443 g/mol. The molecular weight excluding hydrogens is 404 g/mol. The number of pyridine rings is 1. The van der Waals surface area contributed by atoms with Crippen LogP contribution < -0.4 is 0 Å². The van der Waals surface area contributed by atoms with Crippen LogP contribution >= 0.6 is 0 Å². The van der Waals surface area contributed by atoms with Crippen LogP contribution in [0.1, 0.15) is 91.0 Å². The van der Waals surface area contributed by atoms with E-state index in [1.807, 2.05) is 0 Å². The largest absolute Gasteiger partial charge is 0.370 e. The standard InChI is InChI=1S/C30H38N2O/c1-28(2)15-13-20(14-16-28)27-23(26-17-21-9-7-8-10-24(21)31-26)11-12-25(32-27)22-18-29(3,4)33-30(5,6)19-22/h7-13,17,22,31H,14-16,18-19H2,1-6H3. The lowest BCUT2D eigenvalue weighted by Gasteiger charge is -2.45. The van der Waals surface area contributed by atoms with Gasteiger partial charge in [0.2, 0.25) is 0 Å². The van der Waals surface area contributed by atoms with Crippen molar-refractivity contribution in [3.8, 4) is 11.3 Å². The van der Waals surface area contributed by atoms with Crippen LogP contribution in [0.2, 0.25) is 0 Å². The predicted molar refractivity (Wildman–Crippen MR) is 138 cm³/mol. The molecule has 3 nitrogen and oxygen atoms in total. The van der Waals surface area contributed by atoms with Gasteiger partial charge in [0.05, 0.1) is 16.9 Å². The maximum absolute atomic E-state index is 6.36. The number of hydrogen-bond donors (Lipinski definition) is 1. The Bertz CT molecular complexity index is 1160. The number of rotatable bonds is 3. The molecule has 1 saturated heterocycles. The molecule has 0 bridgehead atoms. The van der Waals surface area contributed by atoms with Gasteiger partial charge in [0.25, 0.3) is 0 Å². The van der Waals surface area contributed by atoms with Gasteiger partial charge in [0, 0.05) is 33.8 Å². The molecule has 1 aliphatic carbocycles. The molecule has 1 fully saturated rings. The lowest BCUT2D eigenvalue weighted by atomic mass is 9.76. The first-order valence-electron chi connectivity index (χ1n) is 12.5. The van der Waals surface area contributed by atoms with Crippen molar-refractivity contribution in [1.82, 2.24) is 9.97 Å². The minimum atomic E-state index is -0.141. The molecule has 2 aliphatic rings. The maximum Gasteiger partial charge on any atom is 0.0755 e. The van der Waals surface area contributed by atoms with Gasteiger partial charge < -0.3 is 9.72 Å². The minimum absolute atomic E-state index is 0.141. The molecule has 1 N–H and O–H groups in total. The third-order valence-corrected chi connectivity index (χ3v) is 7.46. The van der Waals surface area contributed by atoms with Crippen LogP contribution in [0.3, 0.4) is 0 Å². The van der Waals surface area contributed by atoms with Gasteiger partial charge in [0.1, 0.15) is 0 Å². The number of aromatic nitrogens is 2. The second-order valence-corrected chi connectivity index (χ2v) is 12.2. The highest BCUT2D eigenvalue weighted by Crippen LogP contribution is 2.45. The zero-order chi connectivity index (χ0) is 23.4. The van der Waals surface area contributed by atoms with Gasteiger partial charge in [-0.05, 0) is 95.1 Å². The van der Waals surface area contributed by atoms with Crippen molar-refractivity contribution in [3.63, 3.8) is 0 Å². The highest BCUT2D eigenvalue weighted by Gasteiger charge is 2.40. The Labute approximate surface area is 198 Å². The Kier molecular flexibility index (Phi) is 5.32. The second-order valence-electron chi connectivity index (χ2n) is 12.2. The second kappa shape index (κ2) is 7.84. The fourth-order valence-electron chi connectivity index (χ4n) is 5.97. The van der Waals surface area contributed by atoms with Gasteiger partial charge in [0.15, 0.2) is 0 Å². The van der Waals surface area contributed by atoms with Crippen LogP contribution in [0.5, 0.6) is 0 Å². The predicted octanol–water partition coefficient (Wildman–Crippen LogP) is 8.27. The van der Waals surface area contributed by atoms with Crippen LogP contribution in [0.25, 0.3) is 27.7 Å². The summed E-state index contributed by atoms with van der Waals surface area (Å²) >= 11 is 0. The highest BCUT2D eigenvalue weighted by molar-refractivity contribution is 5.88. The normalized spacial score (nSPS) is 22.3. The number of aromatic amines is 1. The van der Waals surface area contributed by atoms with E-state index in [2.05, 4.69) is 95.1 Å². The number of para-hydroxylation sites is 1. The van der Waals surface area contributed by atoms with Crippen molar-refractivity contribution >= 4 is 16.5 Å². The number of allylic oxidation sites excluding steroid dienone is 2. The zero-order valence-electron chi connectivity index (χ0n) is 21.1. The summed E-state index contributed by atoms with van der Waals surface area (Å²) in [5, 5.41) is 1.24. The lowest BCUT2D eigenvalue weighted by Crippen LogP contribution is -2.44. The number of nitrogens with one attached hydrogen (secondary N) is 1. The molecule has 1 aliphatic heterocycles. The summed E-state index contributed by atoms with van der Waals surface area (Å²) in [6, 6.07) is 15.3. The van der Waals surface area contributed by atoms with Crippen LogP contribution in [0.15, 0.2) is 48.5 Å². The SMILES string of the molecule is CC1(C)CC=C(c2nc(C3CC(C)(C)OC(C)(C)C3)ccc2-c2cc3ccccc3[nH]2)CC1. The van der Waals surface area contributed by atoms with Crippen molar-refractivity contribution in [2.75, 3.05) is 0 Å².